The highest BCUT2D eigenvalue weighted by Crippen LogP contribution is 2.43. The average Bonchev–Trinajstić information content (AvgIpc) is 3.25. The highest BCUT2D eigenvalue weighted by Gasteiger charge is 2.30. The summed E-state index contributed by atoms with van der Waals surface area (Å²) < 4.78 is 17.8. The van der Waals surface area contributed by atoms with Crippen molar-refractivity contribution >= 4 is 10.9 Å². The van der Waals surface area contributed by atoms with E-state index >= 15 is 0 Å². The third-order valence-corrected chi connectivity index (χ3v) is 6.84. The molecule has 0 amide bonds. The molecule has 3 aromatic carbocycles. The maximum absolute atomic E-state index is 6.12. The second-order valence-electron chi connectivity index (χ2n) is 10.2. The van der Waals surface area contributed by atoms with E-state index in [1.54, 1.807) is 14.2 Å². The summed E-state index contributed by atoms with van der Waals surface area (Å²) in [5.74, 6) is 2.63. The normalized spacial score (nSPS) is 15.6. The van der Waals surface area contributed by atoms with Crippen molar-refractivity contribution in [3.05, 3.63) is 88.6 Å². The van der Waals surface area contributed by atoms with Gasteiger partial charge in [0.2, 0.25) is 0 Å². The molecular formula is C30H34N2O3. The number of hydrogen-bond acceptors (Lipinski definition) is 4. The average molecular weight is 471 g/mol. The summed E-state index contributed by atoms with van der Waals surface area (Å²) in [6.45, 7) is 8.01. The summed E-state index contributed by atoms with van der Waals surface area (Å²) in [7, 11) is 3.48. The molecule has 5 heteroatoms. The lowest BCUT2D eigenvalue weighted by atomic mass is 9.84. The number of nitrogens with one attached hydrogen (secondary N) is 2. The van der Waals surface area contributed by atoms with Gasteiger partial charge < -0.3 is 24.5 Å². The van der Waals surface area contributed by atoms with Crippen molar-refractivity contribution in [2.75, 3.05) is 20.8 Å². The van der Waals surface area contributed by atoms with Crippen LogP contribution in [-0.4, -0.2) is 25.7 Å². The van der Waals surface area contributed by atoms with Gasteiger partial charge in [-0.15, -0.1) is 0 Å². The van der Waals surface area contributed by atoms with Crippen molar-refractivity contribution in [1.82, 2.24) is 10.3 Å². The molecule has 2 heterocycles. The summed E-state index contributed by atoms with van der Waals surface area (Å²) in [5.41, 5.74) is 6.93. The van der Waals surface area contributed by atoms with Crippen molar-refractivity contribution < 1.29 is 14.2 Å². The second kappa shape index (κ2) is 9.31. The molecule has 35 heavy (non-hydrogen) atoms. The number of rotatable bonds is 6. The monoisotopic (exact) mass is 470 g/mol. The molecule has 0 saturated heterocycles. The summed E-state index contributed by atoms with van der Waals surface area (Å²) >= 11 is 0. The lowest BCUT2D eigenvalue weighted by molar-refractivity contribution is 0.306. The molecule has 1 aromatic heterocycles. The van der Waals surface area contributed by atoms with Gasteiger partial charge in [-0.1, -0.05) is 51.1 Å². The zero-order valence-corrected chi connectivity index (χ0v) is 21.2. The number of methoxy groups -OCH3 is 2. The van der Waals surface area contributed by atoms with Gasteiger partial charge >= 0.3 is 0 Å². The molecule has 0 radical (unpaired) electrons. The number of benzene rings is 3. The SMILES string of the molecule is COc1cc(C(C)(C)C)c(OC)cc1C1NCCc2c1[nH]c1ccc(OCc3ccccc3)cc21. The summed E-state index contributed by atoms with van der Waals surface area (Å²) in [6, 6.07) is 20.8. The molecule has 5 nitrogen and oxygen atoms in total. The van der Waals surface area contributed by atoms with Gasteiger partial charge in [-0.25, -0.2) is 0 Å². The maximum atomic E-state index is 6.12. The van der Waals surface area contributed by atoms with Crippen LogP contribution in [0.2, 0.25) is 0 Å². The van der Waals surface area contributed by atoms with Crippen molar-refractivity contribution in [3.8, 4) is 17.2 Å². The van der Waals surface area contributed by atoms with E-state index in [0.717, 1.165) is 52.4 Å². The topological polar surface area (TPSA) is 55.5 Å². The van der Waals surface area contributed by atoms with Crippen LogP contribution in [0, 0.1) is 0 Å². The third kappa shape index (κ3) is 4.48. The first-order chi connectivity index (χ1) is 16.9. The number of aromatic nitrogens is 1. The molecule has 1 atom stereocenters. The van der Waals surface area contributed by atoms with E-state index in [0.29, 0.717) is 6.61 Å². The Bertz CT molecular complexity index is 1340. The largest absolute Gasteiger partial charge is 0.496 e. The van der Waals surface area contributed by atoms with E-state index in [1.807, 2.05) is 24.3 Å². The van der Waals surface area contributed by atoms with Crippen molar-refractivity contribution in [2.24, 2.45) is 0 Å². The molecule has 0 bridgehead atoms. The van der Waals surface area contributed by atoms with Crippen LogP contribution in [0.15, 0.2) is 60.7 Å². The van der Waals surface area contributed by atoms with Gasteiger partial charge in [0.15, 0.2) is 0 Å². The first-order valence-electron chi connectivity index (χ1n) is 12.2. The highest BCUT2D eigenvalue weighted by atomic mass is 16.5. The first-order valence-corrected chi connectivity index (χ1v) is 12.2. The van der Waals surface area contributed by atoms with Gasteiger partial charge in [-0.3, -0.25) is 0 Å². The van der Waals surface area contributed by atoms with Crippen molar-refractivity contribution in [1.29, 1.82) is 0 Å². The van der Waals surface area contributed by atoms with Crippen LogP contribution in [0.4, 0.5) is 0 Å². The van der Waals surface area contributed by atoms with E-state index in [2.05, 4.69) is 67.5 Å². The smallest absolute Gasteiger partial charge is 0.124 e. The van der Waals surface area contributed by atoms with Crippen LogP contribution < -0.4 is 19.5 Å². The number of hydrogen-bond donors (Lipinski definition) is 2. The third-order valence-electron chi connectivity index (χ3n) is 6.84. The fourth-order valence-electron chi connectivity index (χ4n) is 5.04. The molecular weight excluding hydrogens is 436 g/mol. The van der Waals surface area contributed by atoms with Crippen molar-refractivity contribution in [2.45, 2.75) is 45.3 Å². The Morgan fingerprint density at radius 1 is 0.914 bits per heavy atom. The van der Waals surface area contributed by atoms with Gasteiger partial charge in [0.1, 0.15) is 23.9 Å². The molecule has 1 unspecified atom stereocenters. The predicted molar refractivity (Wildman–Crippen MR) is 141 cm³/mol. The number of aromatic amines is 1. The lowest BCUT2D eigenvalue weighted by Gasteiger charge is -2.29. The van der Waals surface area contributed by atoms with Gasteiger partial charge in [-0.2, -0.15) is 0 Å². The minimum atomic E-state index is -0.0560. The summed E-state index contributed by atoms with van der Waals surface area (Å²) in [4.78, 5) is 3.68. The molecule has 4 aromatic rings. The number of ether oxygens (including phenoxy) is 3. The lowest BCUT2D eigenvalue weighted by Crippen LogP contribution is -2.31. The van der Waals surface area contributed by atoms with Gasteiger partial charge in [-0.05, 0) is 53.3 Å². The fraction of sp³-hybridized carbons (Fsp3) is 0.333. The first kappa shape index (κ1) is 23.3. The highest BCUT2D eigenvalue weighted by molar-refractivity contribution is 5.87. The van der Waals surface area contributed by atoms with Crippen molar-refractivity contribution in [3.63, 3.8) is 0 Å². The number of fused-ring (bicyclic) bond motifs is 3. The molecule has 182 valence electrons. The van der Waals surface area contributed by atoms with Crippen LogP contribution in [0.25, 0.3) is 10.9 Å². The minimum absolute atomic E-state index is 0.0160. The molecule has 5 rings (SSSR count). The van der Waals surface area contributed by atoms with Crippen LogP contribution in [0.5, 0.6) is 17.2 Å². The van der Waals surface area contributed by atoms with Gasteiger partial charge in [0, 0.05) is 34.3 Å². The van der Waals surface area contributed by atoms with Crippen LogP contribution in [0.3, 0.4) is 0 Å². The van der Waals surface area contributed by atoms with Crippen LogP contribution >= 0.6 is 0 Å². The molecule has 0 fully saturated rings. The standard InChI is InChI=1S/C30H34N2O3/c1-30(2,3)24-17-26(33-4)23(16-27(24)34-5)28-29-21(13-14-31-28)22-15-20(11-12-25(22)32-29)35-18-19-9-7-6-8-10-19/h6-12,15-17,28,31-32H,13-14,18H2,1-5H3. The Labute approximate surface area is 207 Å². The Kier molecular flexibility index (Phi) is 6.20. The maximum Gasteiger partial charge on any atom is 0.124 e. The quantitative estimate of drug-likeness (QED) is 0.347. The zero-order valence-electron chi connectivity index (χ0n) is 21.2. The number of H-pyrrole nitrogens is 1. The molecule has 1 aliphatic heterocycles. The second-order valence-corrected chi connectivity index (χ2v) is 10.2. The predicted octanol–water partition coefficient (Wildman–Crippen LogP) is 6.30. The Morgan fingerprint density at radius 3 is 2.40 bits per heavy atom. The molecule has 2 N–H and O–H groups in total. The molecule has 0 spiro atoms. The van der Waals surface area contributed by atoms with Crippen LogP contribution in [-0.2, 0) is 18.4 Å². The minimum Gasteiger partial charge on any atom is -0.496 e. The van der Waals surface area contributed by atoms with E-state index in [9.17, 15) is 0 Å². The Hall–Kier alpha value is -3.44. The van der Waals surface area contributed by atoms with Gasteiger partial charge in [0.05, 0.1) is 20.3 Å². The summed E-state index contributed by atoms with van der Waals surface area (Å²) in [6.07, 6.45) is 0.952. The van der Waals surface area contributed by atoms with E-state index < -0.39 is 0 Å². The van der Waals surface area contributed by atoms with Crippen LogP contribution in [0.1, 0.15) is 54.8 Å². The molecule has 0 saturated carbocycles. The van der Waals surface area contributed by atoms with E-state index in [-0.39, 0.29) is 11.5 Å². The fourth-order valence-corrected chi connectivity index (χ4v) is 5.04. The van der Waals surface area contributed by atoms with Gasteiger partial charge in [0.25, 0.3) is 0 Å². The zero-order chi connectivity index (χ0) is 24.6. The van der Waals surface area contributed by atoms with E-state index in [4.69, 9.17) is 14.2 Å². The Morgan fingerprint density at radius 2 is 1.69 bits per heavy atom. The molecule has 1 aliphatic rings. The molecule has 0 aliphatic carbocycles. The summed E-state index contributed by atoms with van der Waals surface area (Å²) in [5, 5.41) is 4.92. The Balaban J connectivity index is 1.52. The van der Waals surface area contributed by atoms with E-state index in [1.165, 1.54) is 16.6 Å².